The highest BCUT2D eigenvalue weighted by molar-refractivity contribution is 5.06. The van der Waals surface area contributed by atoms with Crippen LogP contribution in [-0.4, -0.2) is 59.4 Å². The molecule has 3 rings (SSSR count). The van der Waals surface area contributed by atoms with Gasteiger partial charge in [0.25, 0.3) is 0 Å². The molecule has 0 amide bonds. The summed E-state index contributed by atoms with van der Waals surface area (Å²) in [6.07, 6.45) is 4.36. The molecule has 0 spiro atoms. The molecule has 0 saturated carbocycles. The Kier molecular flexibility index (Phi) is 4.33. The van der Waals surface area contributed by atoms with Gasteiger partial charge in [-0.25, -0.2) is 0 Å². The molecule has 0 unspecified atom stereocenters. The maximum absolute atomic E-state index is 9.93. The van der Waals surface area contributed by atoms with Crippen LogP contribution in [0.1, 0.15) is 37.6 Å². The monoisotopic (exact) mass is 293 g/mol. The summed E-state index contributed by atoms with van der Waals surface area (Å²) in [5, 5.41) is 14.0. The maximum Gasteiger partial charge on any atom is 0.150 e. The summed E-state index contributed by atoms with van der Waals surface area (Å²) >= 11 is 0. The van der Waals surface area contributed by atoms with E-state index in [1.165, 1.54) is 6.42 Å². The molecule has 0 radical (unpaired) electrons. The van der Waals surface area contributed by atoms with E-state index in [9.17, 15) is 5.11 Å². The van der Waals surface area contributed by atoms with Crippen molar-refractivity contribution in [2.75, 3.05) is 33.3 Å². The number of aryl methyl sites for hydroxylation is 1. The SMILES string of the molecule is CCc1cc(CN2CC[C@@]3(CO)CCCN(C)[C@@H]3C2)on1. The Labute approximate surface area is 126 Å². The Bertz CT molecular complexity index is 476. The van der Waals surface area contributed by atoms with E-state index in [-0.39, 0.29) is 5.41 Å². The van der Waals surface area contributed by atoms with Crippen LogP contribution in [0.25, 0.3) is 0 Å². The standard InChI is InChI=1S/C16H27N3O2/c1-3-13-9-14(21-17-13)10-19-8-6-16(12-20)5-4-7-18(2)15(16)11-19/h9,15,20H,3-8,10-12H2,1-2H3/t15-,16-/m1/s1. The molecule has 1 N–H and O–H groups in total. The van der Waals surface area contributed by atoms with Crippen molar-refractivity contribution in [2.45, 2.75) is 45.2 Å². The minimum atomic E-state index is 0.111. The zero-order valence-electron chi connectivity index (χ0n) is 13.2. The lowest BCUT2D eigenvalue weighted by molar-refractivity contribution is -0.0696. The number of hydrogen-bond donors (Lipinski definition) is 1. The fourth-order valence-corrected chi connectivity index (χ4v) is 4.04. The van der Waals surface area contributed by atoms with E-state index >= 15 is 0 Å². The molecular formula is C16H27N3O2. The normalized spacial score (nSPS) is 31.3. The Balaban J connectivity index is 1.67. The average Bonchev–Trinajstić information content (AvgIpc) is 2.96. The van der Waals surface area contributed by atoms with E-state index in [1.807, 2.05) is 0 Å². The summed E-state index contributed by atoms with van der Waals surface area (Å²) in [4.78, 5) is 4.88. The first-order valence-corrected chi connectivity index (χ1v) is 8.15. The van der Waals surface area contributed by atoms with Crippen molar-refractivity contribution in [1.82, 2.24) is 15.0 Å². The van der Waals surface area contributed by atoms with Gasteiger partial charge in [-0.05, 0) is 45.8 Å². The number of likely N-dealkylation sites (tertiary alicyclic amines) is 2. The minimum Gasteiger partial charge on any atom is -0.396 e. The van der Waals surface area contributed by atoms with Crippen LogP contribution in [-0.2, 0) is 13.0 Å². The summed E-state index contributed by atoms with van der Waals surface area (Å²) in [5.74, 6) is 0.960. The minimum absolute atomic E-state index is 0.111. The molecule has 1 aromatic rings. The zero-order valence-corrected chi connectivity index (χ0v) is 13.2. The van der Waals surface area contributed by atoms with E-state index in [4.69, 9.17) is 4.52 Å². The second kappa shape index (κ2) is 6.07. The van der Waals surface area contributed by atoms with Gasteiger partial charge in [-0.2, -0.15) is 0 Å². The smallest absolute Gasteiger partial charge is 0.150 e. The molecule has 3 heterocycles. The number of aliphatic hydroxyl groups is 1. The zero-order chi connectivity index (χ0) is 14.9. The van der Waals surface area contributed by atoms with Gasteiger partial charge in [0.1, 0.15) is 0 Å². The first kappa shape index (κ1) is 15.0. The quantitative estimate of drug-likeness (QED) is 0.912. The van der Waals surface area contributed by atoms with Crippen LogP contribution < -0.4 is 0 Å². The Morgan fingerprint density at radius 2 is 2.29 bits per heavy atom. The third-order valence-corrected chi connectivity index (χ3v) is 5.45. The molecule has 0 aliphatic carbocycles. The number of piperidine rings is 2. The molecule has 1 aromatic heterocycles. The van der Waals surface area contributed by atoms with Crippen LogP contribution in [0.4, 0.5) is 0 Å². The molecule has 118 valence electrons. The molecular weight excluding hydrogens is 266 g/mol. The van der Waals surface area contributed by atoms with E-state index in [0.29, 0.717) is 12.6 Å². The van der Waals surface area contributed by atoms with Crippen LogP contribution in [0.15, 0.2) is 10.6 Å². The molecule has 2 fully saturated rings. The van der Waals surface area contributed by atoms with E-state index in [0.717, 1.165) is 56.9 Å². The van der Waals surface area contributed by atoms with Crippen LogP contribution in [0.5, 0.6) is 0 Å². The fourth-order valence-electron chi connectivity index (χ4n) is 4.04. The molecule has 2 aliphatic heterocycles. The summed E-state index contributed by atoms with van der Waals surface area (Å²) < 4.78 is 5.42. The van der Waals surface area contributed by atoms with Gasteiger partial charge in [0.15, 0.2) is 5.76 Å². The summed E-state index contributed by atoms with van der Waals surface area (Å²) in [6.45, 7) is 6.43. The van der Waals surface area contributed by atoms with Gasteiger partial charge in [-0.1, -0.05) is 12.1 Å². The van der Waals surface area contributed by atoms with E-state index in [2.05, 4.69) is 35.0 Å². The molecule has 21 heavy (non-hydrogen) atoms. The van der Waals surface area contributed by atoms with Crippen molar-refractivity contribution in [1.29, 1.82) is 0 Å². The molecule has 0 bridgehead atoms. The van der Waals surface area contributed by atoms with Crippen LogP contribution in [0, 0.1) is 5.41 Å². The van der Waals surface area contributed by atoms with Gasteiger partial charge in [-0.3, -0.25) is 4.90 Å². The highest BCUT2D eigenvalue weighted by Gasteiger charge is 2.46. The second-order valence-electron chi connectivity index (χ2n) is 6.74. The van der Waals surface area contributed by atoms with Gasteiger partial charge in [0, 0.05) is 24.1 Å². The second-order valence-corrected chi connectivity index (χ2v) is 6.74. The molecule has 2 aliphatic rings. The Morgan fingerprint density at radius 3 is 3.00 bits per heavy atom. The first-order valence-electron chi connectivity index (χ1n) is 8.15. The van der Waals surface area contributed by atoms with E-state index in [1.54, 1.807) is 0 Å². The lowest BCUT2D eigenvalue weighted by Crippen LogP contribution is -2.61. The van der Waals surface area contributed by atoms with Gasteiger partial charge in [0.05, 0.1) is 18.8 Å². The summed E-state index contributed by atoms with van der Waals surface area (Å²) in [5.41, 5.74) is 1.14. The van der Waals surface area contributed by atoms with Crippen molar-refractivity contribution in [3.8, 4) is 0 Å². The average molecular weight is 293 g/mol. The number of nitrogens with zero attached hydrogens (tertiary/aromatic N) is 3. The number of aliphatic hydroxyl groups excluding tert-OH is 1. The molecule has 5 heteroatoms. The summed E-state index contributed by atoms with van der Waals surface area (Å²) in [7, 11) is 2.20. The lowest BCUT2D eigenvalue weighted by Gasteiger charge is -2.53. The number of rotatable bonds is 4. The molecule has 5 nitrogen and oxygen atoms in total. The van der Waals surface area contributed by atoms with Gasteiger partial charge >= 0.3 is 0 Å². The van der Waals surface area contributed by atoms with Crippen LogP contribution >= 0.6 is 0 Å². The van der Waals surface area contributed by atoms with Crippen molar-refractivity contribution in [2.24, 2.45) is 5.41 Å². The van der Waals surface area contributed by atoms with Gasteiger partial charge in [0.2, 0.25) is 0 Å². The number of hydrogen-bond acceptors (Lipinski definition) is 5. The fraction of sp³-hybridized carbons (Fsp3) is 0.812. The van der Waals surface area contributed by atoms with Crippen molar-refractivity contribution >= 4 is 0 Å². The maximum atomic E-state index is 9.93. The Morgan fingerprint density at radius 1 is 1.43 bits per heavy atom. The highest BCUT2D eigenvalue weighted by Crippen LogP contribution is 2.41. The van der Waals surface area contributed by atoms with Gasteiger partial charge < -0.3 is 14.5 Å². The predicted molar refractivity (Wildman–Crippen MR) is 80.9 cm³/mol. The third kappa shape index (κ3) is 2.87. The van der Waals surface area contributed by atoms with Crippen molar-refractivity contribution < 1.29 is 9.63 Å². The van der Waals surface area contributed by atoms with Crippen molar-refractivity contribution in [3.05, 3.63) is 17.5 Å². The largest absolute Gasteiger partial charge is 0.396 e. The number of fused-ring (bicyclic) bond motifs is 1. The highest BCUT2D eigenvalue weighted by atomic mass is 16.5. The van der Waals surface area contributed by atoms with Crippen LogP contribution in [0.3, 0.4) is 0 Å². The predicted octanol–water partition coefficient (Wildman–Crippen LogP) is 1.52. The number of likely N-dealkylation sites (N-methyl/N-ethyl adjacent to an activating group) is 1. The van der Waals surface area contributed by atoms with Gasteiger partial charge in [-0.15, -0.1) is 0 Å². The third-order valence-electron chi connectivity index (χ3n) is 5.45. The Hall–Kier alpha value is -0.910. The molecule has 2 saturated heterocycles. The van der Waals surface area contributed by atoms with E-state index < -0.39 is 0 Å². The number of aromatic nitrogens is 1. The van der Waals surface area contributed by atoms with Crippen LogP contribution in [0.2, 0.25) is 0 Å². The topological polar surface area (TPSA) is 52.7 Å². The first-order chi connectivity index (χ1) is 10.2. The lowest BCUT2D eigenvalue weighted by atomic mass is 9.69. The van der Waals surface area contributed by atoms with Crippen molar-refractivity contribution in [3.63, 3.8) is 0 Å². The summed E-state index contributed by atoms with van der Waals surface area (Å²) in [6, 6.07) is 2.52. The molecule has 2 atom stereocenters. The molecule has 0 aromatic carbocycles.